The van der Waals surface area contributed by atoms with Crippen molar-refractivity contribution in [2.75, 3.05) is 9.71 Å². The molecule has 0 unspecified atom stereocenters. The summed E-state index contributed by atoms with van der Waals surface area (Å²) in [6, 6.07) is 59.2. The molecule has 13 rings (SSSR count). The van der Waals surface area contributed by atoms with Crippen molar-refractivity contribution >= 4 is 101 Å². The monoisotopic (exact) mass is 828 g/mol. The van der Waals surface area contributed by atoms with E-state index in [0.717, 1.165) is 117 Å². The number of furan rings is 3. The summed E-state index contributed by atoms with van der Waals surface area (Å²) in [5.41, 5.74) is 18.6. The second-order valence-electron chi connectivity index (χ2n) is 19.7. The number of hydrogen-bond donors (Lipinski definition) is 0. The Hall–Kier alpha value is -7.44. The molecule has 0 N–H and O–H groups in total. The molecule has 0 bridgehead atoms. The van der Waals surface area contributed by atoms with E-state index in [1.807, 2.05) is 6.07 Å². The molecule has 6 heteroatoms. The zero-order valence-corrected chi connectivity index (χ0v) is 36.8. The molecule has 5 nitrogen and oxygen atoms in total. The Labute approximate surface area is 372 Å². The highest BCUT2D eigenvalue weighted by atomic mass is 16.3. The van der Waals surface area contributed by atoms with Crippen molar-refractivity contribution in [1.29, 1.82) is 0 Å². The Bertz CT molecular complexity index is 3710. The molecule has 3 aromatic heterocycles. The van der Waals surface area contributed by atoms with Crippen LogP contribution in [-0.2, 0) is 10.8 Å². The van der Waals surface area contributed by atoms with Crippen LogP contribution in [0.5, 0.6) is 0 Å². The van der Waals surface area contributed by atoms with Crippen LogP contribution in [-0.4, -0.2) is 6.85 Å². The topological polar surface area (TPSA) is 45.9 Å². The second-order valence-corrected chi connectivity index (χ2v) is 19.7. The van der Waals surface area contributed by atoms with Gasteiger partial charge in [-0.1, -0.05) is 139 Å². The van der Waals surface area contributed by atoms with E-state index in [4.69, 9.17) is 13.3 Å². The van der Waals surface area contributed by atoms with Gasteiger partial charge in [-0.2, -0.15) is 0 Å². The van der Waals surface area contributed by atoms with Crippen LogP contribution < -0.4 is 20.8 Å². The lowest BCUT2D eigenvalue weighted by Gasteiger charge is -2.44. The Morgan fingerprint density at radius 3 is 1.80 bits per heavy atom. The van der Waals surface area contributed by atoms with E-state index in [2.05, 4.69) is 209 Å². The minimum atomic E-state index is -0.387. The zero-order valence-electron chi connectivity index (χ0n) is 36.8. The predicted molar refractivity (Wildman–Crippen MR) is 267 cm³/mol. The van der Waals surface area contributed by atoms with E-state index < -0.39 is 0 Å². The average molecular weight is 829 g/mol. The number of rotatable bonds is 3. The van der Waals surface area contributed by atoms with Gasteiger partial charge in [-0.3, -0.25) is 0 Å². The van der Waals surface area contributed by atoms with Crippen LogP contribution in [0.4, 0.5) is 28.4 Å². The standard InChI is InChI=1S/C58H45BN2O3/c1-57(2,3)35-24-27-37(28-25-35)61-53-41(29-31-49-50(53)39-19-11-14-22-47(39)62-49)51-52-45(33-43-38-18-10-13-21-46(38)63-55(43)51)60(54-40-20-12-15-23-48(40)64-56(54)59(52)61)44-30-26-36(58(4,5)6)32-42(44)34-16-8-7-9-17-34/h7-33H,1-6H3. The van der Waals surface area contributed by atoms with Gasteiger partial charge in [-0.25, -0.2) is 0 Å². The Kier molecular flexibility index (Phi) is 7.58. The van der Waals surface area contributed by atoms with E-state index in [-0.39, 0.29) is 17.7 Å². The number of para-hydroxylation sites is 3. The molecule has 0 spiro atoms. The third-order valence-electron chi connectivity index (χ3n) is 13.8. The number of fused-ring (bicyclic) bond motifs is 14. The third kappa shape index (κ3) is 5.20. The van der Waals surface area contributed by atoms with E-state index in [0.29, 0.717) is 0 Å². The first kappa shape index (κ1) is 37.1. The minimum absolute atomic E-state index is 0.0186. The number of nitrogens with zero attached hydrogens (tertiary/aromatic N) is 2. The highest BCUT2D eigenvalue weighted by Gasteiger charge is 2.50. The van der Waals surface area contributed by atoms with Crippen molar-refractivity contribution in [3.8, 4) is 22.3 Å². The lowest BCUT2D eigenvalue weighted by Crippen LogP contribution is -2.61. The first-order valence-electron chi connectivity index (χ1n) is 22.4. The number of benzene rings is 8. The molecule has 0 saturated heterocycles. The first-order valence-corrected chi connectivity index (χ1v) is 22.4. The van der Waals surface area contributed by atoms with Crippen LogP contribution in [0.3, 0.4) is 0 Å². The molecule has 2 aliphatic rings. The van der Waals surface area contributed by atoms with Gasteiger partial charge in [0.2, 0.25) is 0 Å². The van der Waals surface area contributed by atoms with Gasteiger partial charge < -0.3 is 23.0 Å². The Morgan fingerprint density at radius 1 is 0.453 bits per heavy atom. The Morgan fingerprint density at radius 2 is 1.08 bits per heavy atom. The molecule has 0 radical (unpaired) electrons. The third-order valence-corrected chi connectivity index (χ3v) is 13.8. The summed E-state index contributed by atoms with van der Waals surface area (Å²) in [5.74, 6) is 0. The molecule has 0 aliphatic carbocycles. The number of hydrogen-bond acceptors (Lipinski definition) is 5. The van der Waals surface area contributed by atoms with Gasteiger partial charge in [0.15, 0.2) is 0 Å². The van der Waals surface area contributed by atoms with Gasteiger partial charge >= 0.3 is 6.85 Å². The van der Waals surface area contributed by atoms with Crippen molar-refractivity contribution in [1.82, 2.24) is 0 Å². The summed E-state index contributed by atoms with van der Waals surface area (Å²) < 4.78 is 21.2. The molecule has 0 amide bonds. The first-order chi connectivity index (χ1) is 31.0. The summed E-state index contributed by atoms with van der Waals surface area (Å²) in [7, 11) is 0. The fraction of sp³-hybridized carbons (Fsp3) is 0.138. The Balaban J connectivity index is 1.23. The highest BCUT2D eigenvalue weighted by molar-refractivity contribution is 6.93. The predicted octanol–water partition coefficient (Wildman–Crippen LogP) is 15.2. The summed E-state index contributed by atoms with van der Waals surface area (Å²) in [5, 5.41) is 5.35. The lowest BCUT2D eigenvalue weighted by atomic mass is 9.45. The molecule has 64 heavy (non-hydrogen) atoms. The lowest BCUT2D eigenvalue weighted by molar-refractivity contribution is 0.590. The van der Waals surface area contributed by atoms with Crippen molar-refractivity contribution in [3.05, 3.63) is 175 Å². The van der Waals surface area contributed by atoms with Crippen LogP contribution in [0.15, 0.2) is 177 Å². The van der Waals surface area contributed by atoms with E-state index in [1.54, 1.807) is 0 Å². The molecule has 0 saturated carbocycles. The van der Waals surface area contributed by atoms with Crippen molar-refractivity contribution in [2.45, 2.75) is 52.4 Å². The maximum atomic E-state index is 7.37. The van der Waals surface area contributed by atoms with Gasteiger partial charge in [-0.15, -0.1) is 0 Å². The molecule has 0 atom stereocenters. The fourth-order valence-electron chi connectivity index (χ4n) is 10.6. The summed E-state index contributed by atoms with van der Waals surface area (Å²) in [4.78, 5) is 5.04. The zero-order chi connectivity index (χ0) is 43.2. The SMILES string of the molecule is CC(C)(C)c1ccc(N2B3c4oc5ccccc5c4N(c4ccc(C(C)(C)C)cc4-c4ccccc4)c4cc5c(oc6ccccc65)c(c43)-c3ccc4oc5ccccc5c4c32)cc1. The fourth-order valence-corrected chi connectivity index (χ4v) is 10.6. The second kappa shape index (κ2) is 13.1. The number of anilines is 5. The molecular weight excluding hydrogens is 783 g/mol. The van der Waals surface area contributed by atoms with Crippen LogP contribution >= 0.6 is 0 Å². The van der Waals surface area contributed by atoms with E-state index in [1.165, 1.54) is 11.1 Å². The van der Waals surface area contributed by atoms with Gasteiger partial charge in [0.05, 0.1) is 16.8 Å². The summed E-state index contributed by atoms with van der Waals surface area (Å²) >= 11 is 0. The average Bonchev–Trinajstić information content (AvgIpc) is 4.00. The van der Waals surface area contributed by atoms with Gasteiger partial charge in [0.25, 0.3) is 0 Å². The van der Waals surface area contributed by atoms with Crippen molar-refractivity contribution in [2.24, 2.45) is 0 Å². The molecular formula is C58H45BN2O3. The normalized spacial score (nSPS) is 13.7. The van der Waals surface area contributed by atoms with Gasteiger partial charge in [0, 0.05) is 55.3 Å². The van der Waals surface area contributed by atoms with Crippen molar-refractivity contribution in [3.63, 3.8) is 0 Å². The summed E-state index contributed by atoms with van der Waals surface area (Å²) in [6.07, 6.45) is 0. The molecule has 5 heterocycles. The quantitative estimate of drug-likeness (QED) is 0.166. The molecule has 8 aromatic carbocycles. The smallest absolute Gasteiger partial charge is 0.376 e. The van der Waals surface area contributed by atoms with E-state index in [9.17, 15) is 0 Å². The molecule has 308 valence electrons. The van der Waals surface area contributed by atoms with Crippen LogP contribution in [0, 0.1) is 0 Å². The highest BCUT2D eigenvalue weighted by Crippen LogP contribution is 2.55. The van der Waals surface area contributed by atoms with Gasteiger partial charge in [-0.05, 0) is 99.7 Å². The van der Waals surface area contributed by atoms with Crippen LogP contribution in [0.2, 0.25) is 0 Å². The minimum Gasteiger partial charge on any atom is -0.466 e. The maximum absolute atomic E-state index is 7.37. The van der Waals surface area contributed by atoms with Gasteiger partial charge in [0.1, 0.15) is 33.6 Å². The molecule has 2 aliphatic heterocycles. The summed E-state index contributed by atoms with van der Waals surface area (Å²) in [6.45, 7) is 13.3. The van der Waals surface area contributed by atoms with E-state index >= 15 is 0 Å². The van der Waals surface area contributed by atoms with Crippen molar-refractivity contribution < 1.29 is 13.3 Å². The largest absolute Gasteiger partial charge is 0.466 e. The molecule has 0 fully saturated rings. The van der Waals surface area contributed by atoms with Crippen LogP contribution in [0.25, 0.3) is 77.1 Å². The maximum Gasteiger partial charge on any atom is 0.376 e. The van der Waals surface area contributed by atoms with Crippen LogP contribution in [0.1, 0.15) is 52.7 Å². The molecule has 11 aromatic rings.